The summed E-state index contributed by atoms with van der Waals surface area (Å²) in [4.78, 5) is 9.66. The van der Waals surface area contributed by atoms with Gasteiger partial charge in [-0.2, -0.15) is 5.11 Å². The minimum Gasteiger partial charge on any atom is -0.251 e. The first-order chi connectivity index (χ1) is 6.85. The van der Waals surface area contributed by atoms with Crippen molar-refractivity contribution in [2.75, 3.05) is 6.54 Å². The molecule has 0 amide bonds. The minimum absolute atomic E-state index is 0.351. The summed E-state index contributed by atoms with van der Waals surface area (Å²) in [5.41, 5.74) is 2.76. The van der Waals surface area contributed by atoms with Gasteiger partial charge in [-0.25, -0.2) is 4.79 Å². The van der Waals surface area contributed by atoms with E-state index in [1.165, 1.54) is 32.1 Å². The van der Waals surface area contributed by atoms with Gasteiger partial charge in [-0.3, -0.25) is 5.43 Å². The summed E-state index contributed by atoms with van der Waals surface area (Å²) in [6.07, 6.45) is 7.01. The number of hydrogen-bond acceptors (Lipinski definition) is 4. The summed E-state index contributed by atoms with van der Waals surface area (Å²) in [6.45, 7) is 4.84. The van der Waals surface area contributed by atoms with Gasteiger partial charge in [-0.1, -0.05) is 51.2 Å². The van der Waals surface area contributed by atoms with Crippen LogP contribution in [0.25, 0.3) is 0 Å². The molecule has 4 heteroatoms. The first-order valence-electron chi connectivity index (χ1n) is 5.21. The van der Waals surface area contributed by atoms with E-state index in [1.807, 2.05) is 0 Å². The number of rotatable bonds is 4. The predicted molar refractivity (Wildman–Crippen MR) is 56.5 cm³/mol. The van der Waals surface area contributed by atoms with Crippen LogP contribution in [0.1, 0.15) is 46.0 Å². The van der Waals surface area contributed by atoms with Crippen LogP contribution >= 0.6 is 0 Å². The topological polar surface area (TPSA) is 53.8 Å². The van der Waals surface area contributed by atoms with Gasteiger partial charge in [-0.05, 0) is 0 Å². The lowest BCUT2D eigenvalue weighted by molar-refractivity contribution is 0.565. The second-order valence-corrected chi connectivity index (χ2v) is 3.15. The van der Waals surface area contributed by atoms with Crippen molar-refractivity contribution in [3.8, 4) is 0 Å². The van der Waals surface area contributed by atoms with Gasteiger partial charge < -0.3 is 0 Å². The molecule has 0 radical (unpaired) electrons. The Morgan fingerprint density at radius 2 is 1.93 bits per heavy atom. The van der Waals surface area contributed by atoms with Crippen molar-refractivity contribution in [3.63, 3.8) is 0 Å². The molecule has 80 valence electrons. The van der Waals surface area contributed by atoms with Crippen LogP contribution in [-0.2, 0) is 4.79 Å². The van der Waals surface area contributed by atoms with Gasteiger partial charge in [0.2, 0.25) is 0 Å². The molecule has 0 aromatic heterocycles. The van der Waals surface area contributed by atoms with E-state index in [2.05, 4.69) is 29.6 Å². The third-order valence-corrected chi connectivity index (χ3v) is 1.81. The van der Waals surface area contributed by atoms with Crippen molar-refractivity contribution in [2.45, 2.75) is 46.0 Å². The highest BCUT2D eigenvalue weighted by molar-refractivity contribution is 5.52. The van der Waals surface area contributed by atoms with Gasteiger partial charge >= 0.3 is 0 Å². The predicted octanol–water partition coefficient (Wildman–Crippen LogP) is 2.65. The van der Waals surface area contributed by atoms with Crippen molar-refractivity contribution < 1.29 is 4.79 Å². The van der Waals surface area contributed by atoms with E-state index >= 15 is 0 Å². The molecular formula is C10H19N3O. The van der Waals surface area contributed by atoms with Crippen LogP contribution in [0.15, 0.2) is 16.0 Å². The average Bonchev–Trinajstić information content (AvgIpc) is 2.72. The molecule has 1 heterocycles. The molecule has 0 bridgehead atoms. The highest BCUT2D eigenvalue weighted by atomic mass is 16.1. The van der Waals surface area contributed by atoms with Crippen LogP contribution in [0, 0.1) is 0 Å². The van der Waals surface area contributed by atoms with Crippen LogP contribution in [0.2, 0.25) is 0 Å². The first-order valence-corrected chi connectivity index (χ1v) is 5.21. The van der Waals surface area contributed by atoms with Gasteiger partial charge in [0.1, 0.15) is 18.2 Å². The van der Waals surface area contributed by atoms with E-state index in [-0.39, 0.29) is 0 Å². The number of nitrogens with one attached hydrogen (secondary N) is 1. The summed E-state index contributed by atoms with van der Waals surface area (Å²) in [5, 5.41) is 6.76. The maximum absolute atomic E-state index is 9.66. The Bertz CT molecular complexity index is 193. The molecule has 0 saturated carbocycles. The van der Waals surface area contributed by atoms with E-state index < -0.39 is 0 Å². The normalized spacial score (nSPS) is 12.9. The van der Waals surface area contributed by atoms with Gasteiger partial charge in [0.05, 0.1) is 0 Å². The number of carbonyl (C=O) groups excluding carboxylic acids is 1. The summed E-state index contributed by atoms with van der Waals surface area (Å²) in [5.74, 6) is 1.63. The highest BCUT2D eigenvalue weighted by Crippen LogP contribution is 2.00. The van der Waals surface area contributed by atoms with Crippen molar-refractivity contribution in [3.05, 3.63) is 5.70 Å². The Labute approximate surface area is 85.5 Å². The molecule has 1 aliphatic rings. The zero-order valence-electron chi connectivity index (χ0n) is 9.05. The fraction of sp³-hybridized carbons (Fsp3) is 0.800. The molecule has 1 N–H and O–H groups in total. The molecule has 1 rings (SSSR count). The van der Waals surface area contributed by atoms with Crippen molar-refractivity contribution in [1.29, 1.82) is 0 Å². The maximum atomic E-state index is 9.66. The van der Waals surface area contributed by atoms with E-state index in [9.17, 15) is 4.79 Å². The van der Waals surface area contributed by atoms with Crippen LogP contribution in [0.5, 0.6) is 0 Å². The molecule has 0 unspecified atom stereocenters. The molecule has 0 saturated heterocycles. The van der Waals surface area contributed by atoms with Crippen molar-refractivity contribution >= 4 is 5.94 Å². The van der Waals surface area contributed by atoms with Gasteiger partial charge in [0.25, 0.3) is 0 Å². The van der Waals surface area contributed by atoms with Crippen LogP contribution < -0.4 is 5.43 Å². The zero-order chi connectivity index (χ0) is 10.6. The van der Waals surface area contributed by atoms with Crippen LogP contribution in [0.4, 0.5) is 0 Å². The number of nitrogens with zero attached hydrogens (tertiary/aromatic N) is 2. The number of unbranched alkanes of at least 4 members (excludes halogenated alkanes) is 4. The van der Waals surface area contributed by atoms with Crippen molar-refractivity contribution in [1.82, 2.24) is 5.43 Å². The first kappa shape index (κ1) is 12.8. The largest absolute Gasteiger partial charge is 0.251 e. The molecule has 0 aliphatic carbocycles. The highest BCUT2D eigenvalue weighted by Gasteiger charge is 1.98. The molecule has 0 atom stereocenters. The number of hydrogen-bond donors (Lipinski definition) is 1. The molecular weight excluding hydrogens is 178 g/mol. The summed E-state index contributed by atoms with van der Waals surface area (Å²) in [7, 11) is 0. The van der Waals surface area contributed by atoms with E-state index in [0.29, 0.717) is 12.2 Å². The Morgan fingerprint density at radius 1 is 1.29 bits per heavy atom. The fourth-order valence-corrected chi connectivity index (χ4v) is 0.969. The molecule has 0 aromatic carbocycles. The quantitative estimate of drug-likeness (QED) is 0.556. The second kappa shape index (κ2) is 9.93. The van der Waals surface area contributed by atoms with Gasteiger partial charge in [-0.15, -0.1) is 0 Å². The average molecular weight is 197 g/mol. The van der Waals surface area contributed by atoms with E-state index in [4.69, 9.17) is 0 Å². The SMILES string of the molecule is CCCCCCC.O=C=C1CN=NN1. The smallest absolute Gasteiger partial charge is 0.149 e. The van der Waals surface area contributed by atoms with E-state index in [1.54, 1.807) is 5.94 Å². The summed E-state index contributed by atoms with van der Waals surface area (Å²) >= 11 is 0. The lowest BCUT2D eigenvalue weighted by Crippen LogP contribution is -1.99. The van der Waals surface area contributed by atoms with Crippen LogP contribution in [0.3, 0.4) is 0 Å². The summed E-state index contributed by atoms with van der Waals surface area (Å²) in [6, 6.07) is 0. The summed E-state index contributed by atoms with van der Waals surface area (Å²) < 4.78 is 0. The zero-order valence-corrected chi connectivity index (χ0v) is 9.05. The second-order valence-electron chi connectivity index (χ2n) is 3.15. The van der Waals surface area contributed by atoms with E-state index in [0.717, 1.165) is 0 Å². The molecule has 0 fully saturated rings. The molecule has 14 heavy (non-hydrogen) atoms. The monoisotopic (exact) mass is 197 g/mol. The lowest BCUT2D eigenvalue weighted by atomic mass is 10.2. The fourth-order valence-electron chi connectivity index (χ4n) is 0.969. The molecule has 4 nitrogen and oxygen atoms in total. The molecule has 0 spiro atoms. The Hall–Kier alpha value is -1.15. The Balaban J connectivity index is 0.000000241. The lowest BCUT2D eigenvalue weighted by Gasteiger charge is -1.90. The van der Waals surface area contributed by atoms with Crippen LogP contribution in [-0.4, -0.2) is 12.5 Å². The third kappa shape index (κ3) is 7.50. The minimum atomic E-state index is 0.351. The maximum Gasteiger partial charge on any atom is 0.149 e. The Kier molecular flexibility index (Phi) is 9.12. The van der Waals surface area contributed by atoms with Crippen molar-refractivity contribution in [2.24, 2.45) is 10.3 Å². The third-order valence-electron chi connectivity index (χ3n) is 1.81. The standard InChI is InChI=1S/C7H16.C3H3N3O/c1-3-5-7-6-4-2;7-2-3-1-4-6-5-3/h3-7H2,1-2H3;1H2,(H,4,5). The molecule has 1 aliphatic heterocycles. The molecule has 0 aromatic rings. The van der Waals surface area contributed by atoms with Gasteiger partial charge in [0.15, 0.2) is 0 Å². The Morgan fingerprint density at radius 3 is 2.21 bits per heavy atom. The van der Waals surface area contributed by atoms with Gasteiger partial charge in [0, 0.05) is 0 Å².